The summed E-state index contributed by atoms with van der Waals surface area (Å²) in [6, 6.07) is 2.20. The third kappa shape index (κ3) is 4.84. The lowest BCUT2D eigenvalue weighted by atomic mass is 10.0. The van der Waals surface area contributed by atoms with Gasteiger partial charge in [0.05, 0.1) is 12.1 Å². The first-order chi connectivity index (χ1) is 12.6. The van der Waals surface area contributed by atoms with Crippen molar-refractivity contribution in [2.75, 3.05) is 6.54 Å². The van der Waals surface area contributed by atoms with E-state index in [4.69, 9.17) is 0 Å². The number of halogens is 3. The maximum atomic E-state index is 13.8. The second kappa shape index (κ2) is 8.20. The van der Waals surface area contributed by atoms with E-state index in [-0.39, 0.29) is 23.8 Å². The zero-order chi connectivity index (χ0) is 20.3. The van der Waals surface area contributed by atoms with Gasteiger partial charge in [0.25, 0.3) is 5.91 Å². The third-order valence-electron chi connectivity index (χ3n) is 3.72. The largest absolute Gasteiger partial charge is 0.346 e. The van der Waals surface area contributed by atoms with Crippen molar-refractivity contribution in [3.05, 3.63) is 58.7 Å². The first-order valence-electron chi connectivity index (χ1n) is 8.27. The zero-order valence-corrected chi connectivity index (χ0v) is 15.4. The van der Waals surface area contributed by atoms with Crippen LogP contribution in [-0.4, -0.2) is 34.6 Å². The molecule has 0 saturated heterocycles. The van der Waals surface area contributed by atoms with Crippen molar-refractivity contribution < 1.29 is 22.8 Å². The quantitative estimate of drug-likeness (QED) is 0.619. The van der Waals surface area contributed by atoms with Gasteiger partial charge in [-0.2, -0.15) is 0 Å². The first-order valence-corrected chi connectivity index (χ1v) is 8.27. The van der Waals surface area contributed by atoms with Crippen molar-refractivity contribution in [1.82, 2.24) is 9.88 Å². The molecule has 2 rings (SSSR count). The van der Waals surface area contributed by atoms with Gasteiger partial charge in [-0.3, -0.25) is 14.6 Å². The van der Waals surface area contributed by atoms with Gasteiger partial charge in [-0.25, -0.2) is 13.2 Å². The Bertz CT molecular complexity index is 894. The number of rotatable bonds is 6. The number of aromatic nitrogens is 1. The molecule has 0 saturated carbocycles. The molecule has 0 fully saturated rings. The number of benzene rings is 1. The lowest BCUT2D eigenvalue weighted by Crippen LogP contribution is -2.30. The Kier molecular flexibility index (Phi) is 6.20. The number of carbonyl (C=O) groups excluding carboxylic acids is 2. The Morgan fingerprint density at radius 2 is 1.74 bits per heavy atom. The van der Waals surface area contributed by atoms with Crippen LogP contribution in [0.5, 0.6) is 0 Å². The van der Waals surface area contributed by atoms with E-state index in [1.165, 1.54) is 23.9 Å². The fourth-order valence-corrected chi connectivity index (χ4v) is 2.60. The summed E-state index contributed by atoms with van der Waals surface area (Å²) in [4.78, 5) is 29.0. The lowest BCUT2D eigenvalue weighted by Gasteiger charge is -2.07. The van der Waals surface area contributed by atoms with Gasteiger partial charge in [-0.05, 0) is 26.8 Å². The summed E-state index contributed by atoms with van der Waals surface area (Å²) < 4.78 is 42.0. The topological polar surface area (TPSA) is 63.5 Å². The van der Waals surface area contributed by atoms with Gasteiger partial charge in [0.1, 0.15) is 23.1 Å². The number of hydrogen-bond acceptors (Lipinski definition) is 3. The van der Waals surface area contributed by atoms with Crippen molar-refractivity contribution in [1.29, 1.82) is 0 Å². The molecule has 144 valence electrons. The molecule has 0 aliphatic rings. The van der Waals surface area contributed by atoms with Crippen LogP contribution < -0.4 is 5.32 Å². The van der Waals surface area contributed by atoms with Crippen LogP contribution in [0.3, 0.4) is 0 Å². The Morgan fingerprint density at radius 1 is 1.15 bits per heavy atom. The summed E-state index contributed by atoms with van der Waals surface area (Å²) in [6.45, 7) is 5.83. The molecule has 0 spiro atoms. The van der Waals surface area contributed by atoms with Crippen molar-refractivity contribution >= 4 is 17.4 Å². The number of nitrogens with zero attached hydrogens (tertiary/aromatic N) is 2. The Hall–Kier alpha value is -2.90. The highest BCUT2D eigenvalue weighted by Gasteiger charge is 2.23. The molecule has 0 atom stereocenters. The van der Waals surface area contributed by atoms with Crippen molar-refractivity contribution in [2.24, 2.45) is 12.0 Å². The molecule has 1 aromatic heterocycles. The number of aliphatic imine (C=N–C) groups is 1. The number of amides is 1. The molecule has 1 amide bonds. The van der Waals surface area contributed by atoms with E-state index in [2.05, 4.69) is 10.3 Å². The maximum Gasteiger partial charge on any atom is 0.268 e. The van der Waals surface area contributed by atoms with Crippen LogP contribution in [0.2, 0.25) is 0 Å². The minimum Gasteiger partial charge on any atom is -0.346 e. The van der Waals surface area contributed by atoms with Crippen molar-refractivity contribution in [3.63, 3.8) is 0 Å². The number of carbonyl (C=O) groups is 2. The van der Waals surface area contributed by atoms with Gasteiger partial charge < -0.3 is 9.88 Å². The van der Waals surface area contributed by atoms with Crippen LogP contribution in [0.4, 0.5) is 13.2 Å². The predicted molar refractivity (Wildman–Crippen MR) is 95.7 cm³/mol. The molecule has 1 N–H and O–H groups in total. The van der Waals surface area contributed by atoms with Gasteiger partial charge in [-0.1, -0.05) is 0 Å². The molecule has 0 aliphatic carbocycles. The standard InChI is InChI=1S/C19H20F3N3O2/c1-10(2)24-11(3)8-23-19(27)16-5-12(9-25(16)4)18(26)17-14(21)6-13(20)7-15(17)22/h5-7,9-10H,8H2,1-4H3,(H,23,27). The SMILES string of the molecule is CC(CNC(=O)c1cc(C(=O)c2c(F)cc(F)cc2F)cn1C)=NC(C)C. The van der Waals surface area contributed by atoms with E-state index in [1.54, 1.807) is 6.92 Å². The number of ketones is 1. The van der Waals surface area contributed by atoms with E-state index in [9.17, 15) is 22.8 Å². The third-order valence-corrected chi connectivity index (χ3v) is 3.72. The fourth-order valence-electron chi connectivity index (χ4n) is 2.60. The molecular weight excluding hydrogens is 359 g/mol. The first kappa shape index (κ1) is 20.4. The zero-order valence-electron chi connectivity index (χ0n) is 15.4. The number of aryl methyl sites for hydroxylation is 1. The molecule has 27 heavy (non-hydrogen) atoms. The monoisotopic (exact) mass is 379 g/mol. The minimum absolute atomic E-state index is 0.0837. The molecule has 0 radical (unpaired) electrons. The van der Waals surface area contributed by atoms with Gasteiger partial charge in [-0.15, -0.1) is 0 Å². The molecule has 5 nitrogen and oxygen atoms in total. The van der Waals surface area contributed by atoms with E-state index in [1.807, 2.05) is 13.8 Å². The van der Waals surface area contributed by atoms with Gasteiger partial charge >= 0.3 is 0 Å². The number of nitrogens with one attached hydrogen (secondary N) is 1. The molecule has 2 aromatic rings. The van der Waals surface area contributed by atoms with Crippen LogP contribution in [0.15, 0.2) is 29.4 Å². The van der Waals surface area contributed by atoms with Crippen LogP contribution >= 0.6 is 0 Å². The maximum absolute atomic E-state index is 13.8. The fraction of sp³-hybridized carbons (Fsp3) is 0.316. The van der Waals surface area contributed by atoms with E-state index in [0.717, 1.165) is 5.71 Å². The average Bonchev–Trinajstić information content (AvgIpc) is 2.93. The minimum atomic E-state index is -1.30. The summed E-state index contributed by atoms with van der Waals surface area (Å²) in [6.07, 6.45) is 1.29. The molecular formula is C19H20F3N3O2. The molecule has 0 unspecified atom stereocenters. The average molecular weight is 379 g/mol. The van der Waals surface area contributed by atoms with Crippen LogP contribution in [0.1, 0.15) is 47.2 Å². The van der Waals surface area contributed by atoms with Crippen LogP contribution in [0, 0.1) is 17.5 Å². The normalized spacial score (nSPS) is 11.8. The molecule has 0 aliphatic heterocycles. The molecule has 1 aromatic carbocycles. The highest BCUT2D eigenvalue weighted by atomic mass is 19.1. The van der Waals surface area contributed by atoms with Crippen molar-refractivity contribution in [2.45, 2.75) is 26.8 Å². The highest BCUT2D eigenvalue weighted by Crippen LogP contribution is 2.20. The van der Waals surface area contributed by atoms with Crippen molar-refractivity contribution in [3.8, 4) is 0 Å². The Morgan fingerprint density at radius 3 is 2.30 bits per heavy atom. The summed E-state index contributed by atoms with van der Waals surface area (Å²) in [7, 11) is 1.53. The Labute approximate surface area is 154 Å². The van der Waals surface area contributed by atoms with E-state index >= 15 is 0 Å². The van der Waals surface area contributed by atoms with Gasteiger partial charge in [0.2, 0.25) is 0 Å². The molecule has 1 heterocycles. The summed E-state index contributed by atoms with van der Waals surface area (Å²) >= 11 is 0. The van der Waals surface area contributed by atoms with Gasteiger partial charge in [0.15, 0.2) is 5.78 Å². The second-order valence-corrected chi connectivity index (χ2v) is 6.44. The summed E-state index contributed by atoms with van der Waals surface area (Å²) in [5.41, 5.74) is -0.0774. The van der Waals surface area contributed by atoms with Gasteiger partial charge in [0, 0.05) is 42.7 Å². The van der Waals surface area contributed by atoms with Crippen LogP contribution in [-0.2, 0) is 7.05 Å². The van der Waals surface area contributed by atoms with Crippen LogP contribution in [0.25, 0.3) is 0 Å². The van der Waals surface area contributed by atoms with E-state index < -0.39 is 34.7 Å². The smallest absolute Gasteiger partial charge is 0.268 e. The number of hydrogen-bond donors (Lipinski definition) is 1. The predicted octanol–water partition coefficient (Wildman–Crippen LogP) is 3.27. The Balaban J connectivity index is 2.23. The second-order valence-electron chi connectivity index (χ2n) is 6.44. The molecule has 8 heteroatoms. The van der Waals surface area contributed by atoms with E-state index in [0.29, 0.717) is 12.1 Å². The lowest BCUT2D eigenvalue weighted by molar-refractivity contribution is 0.0951. The summed E-state index contributed by atoms with van der Waals surface area (Å²) in [5.74, 6) is -5.15. The molecule has 0 bridgehead atoms. The highest BCUT2D eigenvalue weighted by molar-refractivity contribution is 6.10. The summed E-state index contributed by atoms with van der Waals surface area (Å²) in [5, 5.41) is 2.67.